The van der Waals surface area contributed by atoms with Gasteiger partial charge < -0.3 is 9.47 Å². The van der Waals surface area contributed by atoms with E-state index >= 15 is 0 Å². The molecule has 0 spiro atoms. The van der Waals surface area contributed by atoms with Crippen LogP contribution in [-0.4, -0.2) is 35.6 Å². The van der Waals surface area contributed by atoms with Crippen molar-refractivity contribution < 1.29 is 14.0 Å². The number of aryl methyl sites for hydroxylation is 1. The average molecular weight is 228 g/mol. The molecule has 90 valence electrons. The molecule has 0 radical (unpaired) electrons. The van der Waals surface area contributed by atoms with Gasteiger partial charge in [-0.25, -0.2) is 4.79 Å². The minimum atomic E-state index is -0.432. The third-order valence-electron chi connectivity index (χ3n) is 2.65. The summed E-state index contributed by atoms with van der Waals surface area (Å²) in [5.74, 6) is 0.143. The highest BCUT2D eigenvalue weighted by Crippen LogP contribution is 2.11. The Morgan fingerprint density at radius 1 is 1.62 bits per heavy atom. The smallest absolute Gasteiger partial charge is 0.377 e. The highest BCUT2D eigenvalue weighted by atomic mass is 16.5. The van der Waals surface area contributed by atoms with Crippen LogP contribution in [0.5, 0.6) is 0 Å². The molecule has 1 unspecified atom stereocenters. The van der Waals surface area contributed by atoms with Crippen LogP contribution in [0, 0.1) is 6.92 Å². The number of rotatable bonds is 5. The maximum Gasteiger partial charge on any atom is 0.441 e. The van der Waals surface area contributed by atoms with Crippen molar-refractivity contribution in [2.45, 2.75) is 32.4 Å². The van der Waals surface area contributed by atoms with Crippen molar-refractivity contribution in [2.75, 3.05) is 19.8 Å². The minimum absolute atomic E-state index is 0.222. The first-order chi connectivity index (χ1) is 7.77. The Morgan fingerprint density at radius 2 is 2.50 bits per heavy atom. The van der Waals surface area contributed by atoms with Crippen molar-refractivity contribution in [1.29, 1.82) is 0 Å². The molecule has 0 aliphatic carbocycles. The number of nitrogens with zero attached hydrogens (tertiary/aromatic N) is 2. The lowest BCUT2D eigenvalue weighted by Crippen LogP contribution is -2.21. The molecule has 0 amide bonds. The van der Waals surface area contributed by atoms with E-state index in [1.807, 2.05) is 0 Å². The van der Waals surface area contributed by atoms with E-state index < -0.39 is 5.76 Å². The molecule has 1 atom stereocenters. The number of hydrogen-bond acceptors (Lipinski definition) is 5. The first-order valence-electron chi connectivity index (χ1n) is 5.50. The molecule has 1 aliphatic rings. The summed E-state index contributed by atoms with van der Waals surface area (Å²) >= 11 is 0. The second-order valence-corrected chi connectivity index (χ2v) is 3.86. The maximum atomic E-state index is 11.1. The van der Waals surface area contributed by atoms with Gasteiger partial charge >= 0.3 is 5.76 Å². The van der Waals surface area contributed by atoms with Crippen molar-refractivity contribution in [2.24, 2.45) is 0 Å². The van der Waals surface area contributed by atoms with Gasteiger partial charge in [0.1, 0.15) is 0 Å². The Kier molecular flexibility index (Phi) is 3.74. The molecule has 1 fully saturated rings. The van der Waals surface area contributed by atoms with Crippen molar-refractivity contribution in [3.8, 4) is 0 Å². The lowest BCUT2D eigenvalue weighted by molar-refractivity contribution is 0.0144. The van der Waals surface area contributed by atoms with Crippen molar-refractivity contribution in [1.82, 2.24) is 9.72 Å². The van der Waals surface area contributed by atoms with Crippen LogP contribution >= 0.6 is 0 Å². The van der Waals surface area contributed by atoms with E-state index in [1.54, 1.807) is 6.92 Å². The van der Waals surface area contributed by atoms with Crippen LogP contribution in [-0.2, 0) is 16.0 Å². The Morgan fingerprint density at radius 3 is 3.12 bits per heavy atom. The normalized spacial score (nSPS) is 20.4. The standard InChI is InChI=1S/C10H16N2O4/c1-8-11-16-10(13)12(8)4-6-14-7-9-3-2-5-15-9/h9H,2-7H2,1H3. The van der Waals surface area contributed by atoms with Crippen LogP contribution < -0.4 is 5.76 Å². The Bertz CT molecular complexity index is 378. The highest BCUT2D eigenvalue weighted by Gasteiger charge is 2.15. The Labute approximate surface area is 93.1 Å². The largest absolute Gasteiger partial charge is 0.441 e. The zero-order valence-electron chi connectivity index (χ0n) is 9.35. The predicted octanol–water partition coefficient (Wildman–Crippen LogP) is 0.340. The molecule has 1 saturated heterocycles. The summed E-state index contributed by atoms with van der Waals surface area (Å²) in [6.07, 6.45) is 2.39. The van der Waals surface area contributed by atoms with Gasteiger partial charge in [-0.05, 0) is 19.8 Å². The van der Waals surface area contributed by atoms with Crippen LogP contribution in [0.3, 0.4) is 0 Å². The fourth-order valence-corrected chi connectivity index (χ4v) is 1.74. The molecule has 2 heterocycles. The van der Waals surface area contributed by atoms with E-state index in [4.69, 9.17) is 9.47 Å². The lowest BCUT2D eigenvalue weighted by atomic mass is 10.2. The van der Waals surface area contributed by atoms with E-state index in [0.29, 0.717) is 25.6 Å². The number of ether oxygens (including phenoxy) is 2. The van der Waals surface area contributed by atoms with Crippen LogP contribution in [0.4, 0.5) is 0 Å². The molecule has 6 nitrogen and oxygen atoms in total. The third-order valence-corrected chi connectivity index (χ3v) is 2.65. The molecule has 0 bridgehead atoms. The molecule has 2 rings (SSSR count). The molecule has 1 aromatic rings. The molecule has 6 heteroatoms. The second-order valence-electron chi connectivity index (χ2n) is 3.86. The Hall–Kier alpha value is -1.14. The van der Waals surface area contributed by atoms with Gasteiger partial charge in [0.25, 0.3) is 0 Å². The van der Waals surface area contributed by atoms with Crippen LogP contribution in [0.1, 0.15) is 18.7 Å². The minimum Gasteiger partial charge on any atom is -0.377 e. The maximum absolute atomic E-state index is 11.1. The van der Waals surface area contributed by atoms with Gasteiger partial charge in [-0.1, -0.05) is 5.16 Å². The van der Waals surface area contributed by atoms with Gasteiger partial charge in [0.15, 0.2) is 5.82 Å². The summed E-state index contributed by atoms with van der Waals surface area (Å²) in [7, 11) is 0. The molecule has 0 N–H and O–H groups in total. The highest BCUT2D eigenvalue weighted by molar-refractivity contribution is 4.77. The van der Waals surface area contributed by atoms with Crippen molar-refractivity contribution in [3.63, 3.8) is 0 Å². The van der Waals surface area contributed by atoms with Gasteiger partial charge in [0, 0.05) is 6.61 Å². The van der Waals surface area contributed by atoms with E-state index in [2.05, 4.69) is 9.68 Å². The lowest BCUT2D eigenvalue weighted by Gasteiger charge is -2.09. The van der Waals surface area contributed by atoms with Crippen molar-refractivity contribution >= 4 is 0 Å². The van der Waals surface area contributed by atoms with Gasteiger partial charge in [0.05, 0.1) is 25.9 Å². The van der Waals surface area contributed by atoms with Gasteiger partial charge in [-0.3, -0.25) is 9.09 Å². The van der Waals surface area contributed by atoms with E-state index in [-0.39, 0.29) is 6.10 Å². The average Bonchev–Trinajstić information content (AvgIpc) is 2.87. The molecule has 1 aliphatic heterocycles. The van der Waals surface area contributed by atoms with Gasteiger partial charge in [0.2, 0.25) is 0 Å². The van der Waals surface area contributed by atoms with E-state index in [0.717, 1.165) is 19.4 Å². The van der Waals surface area contributed by atoms with Crippen LogP contribution in [0.15, 0.2) is 9.32 Å². The number of aromatic nitrogens is 2. The quantitative estimate of drug-likeness (QED) is 0.680. The monoisotopic (exact) mass is 228 g/mol. The van der Waals surface area contributed by atoms with Crippen LogP contribution in [0.25, 0.3) is 0 Å². The SMILES string of the molecule is Cc1noc(=O)n1CCOCC1CCCO1. The number of hydrogen-bond donors (Lipinski definition) is 0. The molecule has 0 saturated carbocycles. The molecule has 1 aromatic heterocycles. The fourth-order valence-electron chi connectivity index (χ4n) is 1.74. The first kappa shape index (κ1) is 11.3. The van der Waals surface area contributed by atoms with E-state index in [1.165, 1.54) is 4.57 Å². The third kappa shape index (κ3) is 2.70. The summed E-state index contributed by atoms with van der Waals surface area (Å²) in [5, 5.41) is 3.57. The summed E-state index contributed by atoms with van der Waals surface area (Å²) in [5.41, 5.74) is 0. The summed E-state index contributed by atoms with van der Waals surface area (Å²) in [4.78, 5) is 11.1. The second kappa shape index (κ2) is 5.27. The van der Waals surface area contributed by atoms with Gasteiger partial charge in [-0.2, -0.15) is 0 Å². The molecule has 0 aromatic carbocycles. The van der Waals surface area contributed by atoms with Gasteiger partial charge in [-0.15, -0.1) is 0 Å². The topological polar surface area (TPSA) is 66.5 Å². The molecular formula is C10H16N2O4. The summed E-state index contributed by atoms with van der Waals surface area (Å²) in [6.45, 7) is 4.10. The summed E-state index contributed by atoms with van der Waals surface area (Å²) in [6, 6.07) is 0. The molecular weight excluding hydrogens is 212 g/mol. The zero-order chi connectivity index (χ0) is 11.4. The van der Waals surface area contributed by atoms with Crippen molar-refractivity contribution in [3.05, 3.63) is 16.4 Å². The zero-order valence-corrected chi connectivity index (χ0v) is 9.35. The first-order valence-corrected chi connectivity index (χ1v) is 5.50. The molecule has 16 heavy (non-hydrogen) atoms. The fraction of sp³-hybridized carbons (Fsp3) is 0.800. The predicted molar refractivity (Wildman–Crippen MR) is 55.3 cm³/mol. The Balaban J connectivity index is 1.69. The summed E-state index contributed by atoms with van der Waals surface area (Å²) < 4.78 is 16.8. The van der Waals surface area contributed by atoms with E-state index in [9.17, 15) is 4.79 Å². The van der Waals surface area contributed by atoms with Crippen LogP contribution in [0.2, 0.25) is 0 Å².